The summed E-state index contributed by atoms with van der Waals surface area (Å²) in [5.41, 5.74) is 4.47. The van der Waals surface area contributed by atoms with Crippen molar-refractivity contribution in [2.24, 2.45) is 0 Å². The summed E-state index contributed by atoms with van der Waals surface area (Å²) in [7, 11) is -4.64. The lowest BCUT2D eigenvalue weighted by Gasteiger charge is -2.14. The Bertz CT molecular complexity index is 1040. The summed E-state index contributed by atoms with van der Waals surface area (Å²) < 4.78 is 15.2. The molecular weight excluding hydrogens is 399 g/mol. The molecule has 4 aromatic carbocycles. The second-order valence-electron chi connectivity index (χ2n) is 6.34. The maximum absolute atomic E-state index is 8.88. The molecule has 0 saturated heterocycles. The van der Waals surface area contributed by atoms with E-state index >= 15 is 0 Å². The molecule has 6 heteroatoms. The highest BCUT2D eigenvalue weighted by molar-refractivity contribution is 7.45. The van der Waals surface area contributed by atoms with Gasteiger partial charge >= 0.3 is 7.82 Å². The zero-order valence-corrected chi connectivity index (χ0v) is 16.9. The van der Waals surface area contributed by atoms with Crippen molar-refractivity contribution in [2.75, 3.05) is 0 Å². The number of benzene rings is 4. The van der Waals surface area contributed by atoms with Gasteiger partial charge in [0.1, 0.15) is 11.5 Å². The van der Waals surface area contributed by atoms with E-state index in [0.29, 0.717) is 0 Å². The summed E-state index contributed by atoms with van der Waals surface area (Å²) in [5, 5.41) is 0. The third-order valence-electron chi connectivity index (χ3n) is 4.16. The van der Waals surface area contributed by atoms with Crippen LogP contribution in [0.1, 0.15) is 0 Å². The summed E-state index contributed by atoms with van der Waals surface area (Å²) in [6, 6.07) is 37.0. The molecule has 0 aliphatic rings. The van der Waals surface area contributed by atoms with Crippen molar-refractivity contribution in [2.45, 2.75) is 0 Å². The second kappa shape index (κ2) is 10.0. The quantitative estimate of drug-likeness (QED) is 0.359. The van der Waals surface area contributed by atoms with E-state index in [1.54, 1.807) is 0 Å². The maximum Gasteiger partial charge on any atom is 0.466 e. The summed E-state index contributed by atoms with van der Waals surface area (Å²) in [6.07, 6.45) is 0. The van der Waals surface area contributed by atoms with E-state index in [1.807, 2.05) is 72.8 Å². The topological polar surface area (TPSA) is 87.0 Å². The molecule has 3 N–H and O–H groups in total. The summed E-state index contributed by atoms with van der Waals surface area (Å²) in [5.74, 6) is 1.72. The first-order chi connectivity index (χ1) is 14.4. The average Bonchev–Trinajstić information content (AvgIpc) is 2.75. The predicted molar refractivity (Wildman–Crippen MR) is 118 cm³/mol. The Balaban J connectivity index is 0.000000461. The van der Waals surface area contributed by atoms with E-state index in [0.717, 1.165) is 33.8 Å². The van der Waals surface area contributed by atoms with E-state index in [1.165, 1.54) is 0 Å². The fourth-order valence-corrected chi connectivity index (χ4v) is 2.94. The molecule has 0 aliphatic carbocycles. The standard InChI is InChI=1S/C24H18O.H3O4P/c1-3-11-19(12-4-1)21-15-7-9-17-23(21)25-24-18-10-8-16-22(24)20-13-5-2-6-14-20;1-5(2,3)4/h1-18H;(H3,1,2,3,4). The van der Waals surface area contributed by atoms with Crippen LogP contribution in [-0.2, 0) is 4.57 Å². The highest BCUT2D eigenvalue weighted by Gasteiger charge is 2.10. The average molecular weight is 420 g/mol. The van der Waals surface area contributed by atoms with Gasteiger partial charge in [0.25, 0.3) is 0 Å². The van der Waals surface area contributed by atoms with E-state index < -0.39 is 7.82 Å². The van der Waals surface area contributed by atoms with Crippen LogP contribution in [0.4, 0.5) is 0 Å². The molecule has 0 radical (unpaired) electrons. The van der Waals surface area contributed by atoms with Gasteiger partial charge in [-0.25, -0.2) is 4.57 Å². The highest BCUT2D eigenvalue weighted by atomic mass is 31.2. The minimum atomic E-state index is -4.64. The molecule has 5 nitrogen and oxygen atoms in total. The summed E-state index contributed by atoms with van der Waals surface area (Å²) >= 11 is 0. The van der Waals surface area contributed by atoms with Gasteiger partial charge in [0.2, 0.25) is 0 Å². The van der Waals surface area contributed by atoms with E-state index in [-0.39, 0.29) is 0 Å². The molecule has 152 valence electrons. The Morgan fingerprint density at radius 1 is 0.500 bits per heavy atom. The molecule has 4 rings (SSSR count). The number of hydrogen-bond acceptors (Lipinski definition) is 2. The molecule has 0 amide bonds. The van der Waals surface area contributed by atoms with Crippen LogP contribution in [0.15, 0.2) is 109 Å². The van der Waals surface area contributed by atoms with Crippen LogP contribution in [-0.4, -0.2) is 14.7 Å². The molecule has 0 bridgehead atoms. The second-order valence-corrected chi connectivity index (χ2v) is 7.37. The SMILES string of the molecule is O=P(O)(O)O.c1ccc(-c2ccccc2Oc2ccccc2-c2ccccc2)cc1. The van der Waals surface area contributed by atoms with Crippen molar-refractivity contribution >= 4 is 7.82 Å². The minimum Gasteiger partial charge on any atom is -0.456 e. The number of phosphoric acid groups is 1. The number of rotatable bonds is 4. The molecule has 30 heavy (non-hydrogen) atoms. The Labute approximate surface area is 175 Å². The van der Waals surface area contributed by atoms with Crippen molar-refractivity contribution in [3.8, 4) is 33.8 Å². The normalized spacial score (nSPS) is 10.6. The molecule has 0 unspecified atom stereocenters. The van der Waals surface area contributed by atoms with Crippen LogP contribution >= 0.6 is 7.82 Å². The lowest BCUT2D eigenvalue weighted by molar-refractivity contribution is 0.275. The first kappa shape index (κ1) is 21.5. The van der Waals surface area contributed by atoms with Gasteiger partial charge in [-0.1, -0.05) is 97.1 Å². The zero-order chi connectivity index (χ0) is 21.4. The molecule has 0 saturated carbocycles. The van der Waals surface area contributed by atoms with Crippen LogP contribution in [0.2, 0.25) is 0 Å². The minimum absolute atomic E-state index is 0.858. The lowest BCUT2D eigenvalue weighted by atomic mass is 10.0. The largest absolute Gasteiger partial charge is 0.466 e. The van der Waals surface area contributed by atoms with Crippen LogP contribution in [0, 0.1) is 0 Å². The first-order valence-corrected chi connectivity index (χ1v) is 10.7. The van der Waals surface area contributed by atoms with E-state index in [9.17, 15) is 0 Å². The van der Waals surface area contributed by atoms with E-state index in [2.05, 4.69) is 36.4 Å². The van der Waals surface area contributed by atoms with Gasteiger partial charge in [-0.2, -0.15) is 0 Å². The Morgan fingerprint density at radius 3 is 1.17 bits per heavy atom. The number of hydrogen-bond donors (Lipinski definition) is 3. The Hall–Kier alpha value is -3.21. The summed E-state index contributed by atoms with van der Waals surface area (Å²) in [4.78, 5) is 21.6. The van der Waals surface area contributed by atoms with E-state index in [4.69, 9.17) is 24.0 Å². The number of ether oxygens (including phenoxy) is 1. The maximum atomic E-state index is 8.88. The van der Waals surface area contributed by atoms with Crippen molar-refractivity contribution in [1.82, 2.24) is 0 Å². The zero-order valence-electron chi connectivity index (χ0n) is 16.0. The van der Waals surface area contributed by atoms with Gasteiger partial charge in [-0.15, -0.1) is 0 Å². The van der Waals surface area contributed by atoms with Crippen molar-refractivity contribution in [1.29, 1.82) is 0 Å². The number of para-hydroxylation sites is 2. The molecule has 0 fully saturated rings. The van der Waals surface area contributed by atoms with Crippen molar-refractivity contribution in [3.05, 3.63) is 109 Å². The van der Waals surface area contributed by atoms with Crippen molar-refractivity contribution < 1.29 is 24.0 Å². The van der Waals surface area contributed by atoms with Crippen molar-refractivity contribution in [3.63, 3.8) is 0 Å². The van der Waals surface area contributed by atoms with Gasteiger partial charge in [0.15, 0.2) is 0 Å². The molecule has 0 spiro atoms. The lowest BCUT2D eigenvalue weighted by Crippen LogP contribution is -1.90. The van der Waals surface area contributed by atoms with Gasteiger partial charge < -0.3 is 19.4 Å². The van der Waals surface area contributed by atoms with Crippen LogP contribution in [0.25, 0.3) is 22.3 Å². The molecule has 0 aliphatic heterocycles. The van der Waals surface area contributed by atoms with Gasteiger partial charge in [-0.3, -0.25) is 0 Å². The fourth-order valence-electron chi connectivity index (χ4n) is 2.94. The molecular formula is C24H21O5P. The van der Waals surface area contributed by atoms with Gasteiger partial charge in [0.05, 0.1) is 0 Å². The van der Waals surface area contributed by atoms with Gasteiger partial charge in [-0.05, 0) is 23.3 Å². The molecule has 0 atom stereocenters. The third kappa shape index (κ3) is 6.41. The monoisotopic (exact) mass is 420 g/mol. The third-order valence-corrected chi connectivity index (χ3v) is 4.16. The van der Waals surface area contributed by atoms with Gasteiger partial charge in [0, 0.05) is 11.1 Å². The molecule has 0 aromatic heterocycles. The smallest absolute Gasteiger partial charge is 0.456 e. The Morgan fingerprint density at radius 2 is 0.800 bits per heavy atom. The van der Waals surface area contributed by atoms with Crippen LogP contribution in [0.3, 0.4) is 0 Å². The van der Waals surface area contributed by atoms with Crippen LogP contribution < -0.4 is 4.74 Å². The summed E-state index contributed by atoms with van der Waals surface area (Å²) in [6.45, 7) is 0. The highest BCUT2D eigenvalue weighted by Crippen LogP contribution is 2.37. The molecule has 4 aromatic rings. The first-order valence-electron chi connectivity index (χ1n) is 9.17. The predicted octanol–water partition coefficient (Wildman–Crippen LogP) is 5.88. The molecule has 0 heterocycles. The fraction of sp³-hybridized carbons (Fsp3) is 0. The Kier molecular flexibility index (Phi) is 7.17. The van der Waals surface area contributed by atoms with Crippen LogP contribution in [0.5, 0.6) is 11.5 Å².